The van der Waals surface area contributed by atoms with Gasteiger partial charge >= 0.3 is 0 Å². The van der Waals surface area contributed by atoms with Crippen molar-refractivity contribution in [3.63, 3.8) is 0 Å². The van der Waals surface area contributed by atoms with Gasteiger partial charge in [0, 0.05) is 12.7 Å². The molecule has 0 saturated carbocycles. The van der Waals surface area contributed by atoms with Crippen LogP contribution >= 0.6 is 0 Å². The predicted octanol–water partition coefficient (Wildman–Crippen LogP) is 2.80. The van der Waals surface area contributed by atoms with Gasteiger partial charge in [0.1, 0.15) is 6.79 Å². The Morgan fingerprint density at radius 1 is 1.00 bits per heavy atom. The van der Waals surface area contributed by atoms with Gasteiger partial charge in [0.05, 0.1) is 12.1 Å². The molecule has 0 radical (unpaired) electrons. The van der Waals surface area contributed by atoms with E-state index in [0.29, 0.717) is 19.4 Å². The van der Waals surface area contributed by atoms with Crippen LogP contribution in [0.2, 0.25) is 0 Å². The maximum Gasteiger partial charge on any atom is 0.200 e. The number of methoxy groups -OCH3 is 1. The number of nitrogens with one attached hydrogen (secondary N) is 1. The molecule has 1 aromatic rings. The van der Waals surface area contributed by atoms with E-state index < -0.39 is 46.8 Å². The van der Waals surface area contributed by atoms with Gasteiger partial charge in [0.15, 0.2) is 23.3 Å². The fraction of sp³-hybridized carbons (Fsp3) is 0.538. The molecule has 1 N–H and O–H groups in total. The van der Waals surface area contributed by atoms with E-state index in [9.17, 15) is 22.0 Å². The van der Waals surface area contributed by atoms with Gasteiger partial charge in [-0.25, -0.2) is 22.0 Å². The van der Waals surface area contributed by atoms with Crippen molar-refractivity contribution in [2.75, 3.05) is 20.4 Å². The first-order valence-electron chi connectivity index (χ1n) is 6.34. The molecule has 1 aromatic carbocycles. The van der Waals surface area contributed by atoms with Gasteiger partial charge in [0.2, 0.25) is 5.82 Å². The summed E-state index contributed by atoms with van der Waals surface area (Å²) in [4.78, 5) is 0. The van der Waals surface area contributed by atoms with Gasteiger partial charge in [-0.1, -0.05) is 0 Å². The monoisotopic (exact) mass is 311 g/mol. The van der Waals surface area contributed by atoms with Crippen LogP contribution in [0.15, 0.2) is 0 Å². The normalized spacial score (nSPS) is 22.6. The third-order valence-electron chi connectivity index (χ3n) is 3.36. The molecule has 8 heteroatoms. The molecule has 1 heterocycles. The van der Waals surface area contributed by atoms with Crippen LogP contribution in [0.1, 0.15) is 24.4 Å². The number of hydrogen-bond acceptors (Lipinski definition) is 3. The molecule has 21 heavy (non-hydrogen) atoms. The van der Waals surface area contributed by atoms with Crippen LogP contribution in [0.3, 0.4) is 0 Å². The Morgan fingerprint density at radius 2 is 1.57 bits per heavy atom. The molecule has 0 amide bonds. The average Bonchev–Trinajstić information content (AvgIpc) is 2.50. The Balaban J connectivity index is 2.43. The first-order valence-corrected chi connectivity index (χ1v) is 6.34. The lowest BCUT2D eigenvalue weighted by Gasteiger charge is -2.33. The van der Waals surface area contributed by atoms with Gasteiger partial charge in [0.25, 0.3) is 0 Å². The highest BCUT2D eigenvalue weighted by molar-refractivity contribution is 5.28. The van der Waals surface area contributed by atoms with Crippen molar-refractivity contribution >= 4 is 0 Å². The number of piperidine rings is 1. The van der Waals surface area contributed by atoms with Gasteiger partial charge in [-0.3, -0.25) is 0 Å². The van der Waals surface area contributed by atoms with E-state index in [4.69, 9.17) is 9.47 Å². The highest BCUT2D eigenvalue weighted by atomic mass is 19.2. The van der Waals surface area contributed by atoms with Crippen molar-refractivity contribution in [3.8, 4) is 0 Å². The third-order valence-corrected chi connectivity index (χ3v) is 3.36. The molecule has 2 atom stereocenters. The van der Waals surface area contributed by atoms with Crippen LogP contribution in [0.5, 0.6) is 0 Å². The standard InChI is InChI=1S/C13H14F5NO2/c1-20-5-21-6-3-2-4-19-13(6)7-8(14)10(16)12(18)11(17)9(7)15/h6,13,19H,2-5H2,1H3/t6-,13?/m1/s1. The van der Waals surface area contributed by atoms with Crippen molar-refractivity contribution in [2.24, 2.45) is 0 Å². The minimum absolute atomic E-state index is 0.141. The lowest BCUT2D eigenvalue weighted by atomic mass is 9.93. The molecule has 118 valence electrons. The van der Waals surface area contributed by atoms with E-state index >= 15 is 0 Å². The Labute approximate surface area is 118 Å². The molecule has 1 saturated heterocycles. The number of hydrogen-bond donors (Lipinski definition) is 1. The van der Waals surface area contributed by atoms with Crippen molar-refractivity contribution in [3.05, 3.63) is 34.6 Å². The van der Waals surface area contributed by atoms with E-state index in [0.717, 1.165) is 0 Å². The van der Waals surface area contributed by atoms with Crippen LogP contribution in [0, 0.1) is 29.1 Å². The maximum atomic E-state index is 13.8. The lowest BCUT2D eigenvalue weighted by Crippen LogP contribution is -2.41. The molecule has 0 aliphatic carbocycles. The predicted molar refractivity (Wildman–Crippen MR) is 63.0 cm³/mol. The Kier molecular flexibility index (Phi) is 5.13. The molecular formula is C13H14F5NO2. The summed E-state index contributed by atoms with van der Waals surface area (Å²) in [7, 11) is 1.36. The second kappa shape index (κ2) is 6.67. The molecule has 1 aliphatic heterocycles. The summed E-state index contributed by atoms with van der Waals surface area (Å²) in [6.07, 6.45) is 0.327. The van der Waals surface area contributed by atoms with E-state index in [1.165, 1.54) is 7.11 Å². The number of halogens is 5. The van der Waals surface area contributed by atoms with Gasteiger partial charge in [-0.15, -0.1) is 0 Å². The zero-order valence-electron chi connectivity index (χ0n) is 11.2. The summed E-state index contributed by atoms with van der Waals surface area (Å²) < 4.78 is 77.3. The highest BCUT2D eigenvalue weighted by Crippen LogP contribution is 2.33. The SMILES string of the molecule is COCO[C@@H]1CCCNC1c1c(F)c(F)c(F)c(F)c1F. The van der Waals surface area contributed by atoms with Gasteiger partial charge < -0.3 is 14.8 Å². The number of ether oxygens (including phenoxy) is 2. The minimum atomic E-state index is -2.17. The van der Waals surface area contributed by atoms with Crippen LogP contribution < -0.4 is 5.32 Å². The van der Waals surface area contributed by atoms with E-state index in [1.54, 1.807) is 0 Å². The molecule has 1 unspecified atom stereocenters. The molecule has 0 spiro atoms. The van der Waals surface area contributed by atoms with E-state index in [2.05, 4.69) is 5.32 Å². The fourth-order valence-corrected chi connectivity index (χ4v) is 2.38. The van der Waals surface area contributed by atoms with Gasteiger partial charge in [-0.2, -0.15) is 0 Å². The summed E-state index contributed by atoms with van der Waals surface area (Å²) >= 11 is 0. The van der Waals surface area contributed by atoms with Crippen molar-refractivity contribution in [2.45, 2.75) is 25.0 Å². The summed E-state index contributed by atoms with van der Waals surface area (Å²) in [5.41, 5.74) is -0.896. The second-order valence-electron chi connectivity index (χ2n) is 4.67. The summed E-state index contributed by atoms with van der Waals surface area (Å²) in [6, 6.07) is -1.13. The Hall–Kier alpha value is -1.25. The summed E-state index contributed by atoms with van der Waals surface area (Å²) in [5.74, 6) is -9.75. The first kappa shape index (κ1) is 16.1. The highest BCUT2D eigenvalue weighted by Gasteiger charge is 2.36. The molecule has 1 fully saturated rings. The fourth-order valence-electron chi connectivity index (χ4n) is 2.38. The maximum absolute atomic E-state index is 13.8. The Morgan fingerprint density at radius 3 is 2.14 bits per heavy atom. The van der Waals surface area contributed by atoms with Crippen molar-refractivity contribution in [1.29, 1.82) is 0 Å². The van der Waals surface area contributed by atoms with Crippen LogP contribution in [0.25, 0.3) is 0 Å². The summed E-state index contributed by atoms with van der Waals surface area (Å²) in [5, 5.41) is 2.73. The molecule has 3 nitrogen and oxygen atoms in total. The van der Waals surface area contributed by atoms with Crippen molar-refractivity contribution in [1.82, 2.24) is 5.32 Å². The second-order valence-corrected chi connectivity index (χ2v) is 4.67. The molecule has 2 rings (SSSR count). The largest absolute Gasteiger partial charge is 0.359 e. The first-order chi connectivity index (χ1) is 9.99. The number of benzene rings is 1. The minimum Gasteiger partial charge on any atom is -0.359 e. The Bertz CT molecular complexity index is 497. The lowest BCUT2D eigenvalue weighted by molar-refractivity contribution is -0.0931. The quantitative estimate of drug-likeness (QED) is 0.401. The zero-order valence-corrected chi connectivity index (χ0v) is 11.2. The average molecular weight is 311 g/mol. The van der Waals surface area contributed by atoms with Crippen LogP contribution in [-0.2, 0) is 9.47 Å². The van der Waals surface area contributed by atoms with Crippen molar-refractivity contribution < 1.29 is 31.4 Å². The third kappa shape index (κ3) is 3.02. The van der Waals surface area contributed by atoms with Crippen LogP contribution in [0.4, 0.5) is 22.0 Å². The molecule has 1 aliphatic rings. The molecular weight excluding hydrogens is 297 g/mol. The molecule has 0 bridgehead atoms. The number of rotatable bonds is 4. The van der Waals surface area contributed by atoms with E-state index in [1.807, 2.05) is 0 Å². The molecule has 0 aromatic heterocycles. The summed E-state index contributed by atoms with van der Waals surface area (Å²) in [6.45, 7) is 0.245. The van der Waals surface area contributed by atoms with Crippen LogP contribution in [-0.4, -0.2) is 26.6 Å². The van der Waals surface area contributed by atoms with Gasteiger partial charge in [-0.05, 0) is 19.4 Å². The smallest absolute Gasteiger partial charge is 0.200 e. The zero-order chi connectivity index (χ0) is 15.6. The van der Waals surface area contributed by atoms with E-state index in [-0.39, 0.29) is 6.79 Å². The topological polar surface area (TPSA) is 30.5 Å².